The maximum Gasteiger partial charge on any atom is 0.0564 e. The number of aliphatic hydroxyl groups is 1. The number of hydrogen-bond donors (Lipinski definition) is 1. The van der Waals surface area contributed by atoms with Crippen molar-refractivity contribution in [3.05, 3.63) is 11.6 Å². The molecule has 0 bridgehead atoms. The van der Waals surface area contributed by atoms with Crippen LogP contribution in [0.25, 0.3) is 0 Å². The fourth-order valence-corrected chi connectivity index (χ4v) is 2.84. The van der Waals surface area contributed by atoms with Crippen molar-refractivity contribution in [3.63, 3.8) is 0 Å². The van der Waals surface area contributed by atoms with E-state index in [2.05, 4.69) is 11.0 Å². The van der Waals surface area contributed by atoms with Gasteiger partial charge in [-0.3, -0.25) is 4.90 Å². The van der Waals surface area contributed by atoms with E-state index < -0.39 is 0 Å². The van der Waals surface area contributed by atoms with Gasteiger partial charge in [0.15, 0.2) is 0 Å². The number of likely N-dealkylation sites (tertiary alicyclic amines) is 1. The van der Waals surface area contributed by atoms with Crippen LogP contribution in [-0.4, -0.2) is 47.3 Å². The first-order chi connectivity index (χ1) is 6.34. The van der Waals surface area contributed by atoms with Crippen molar-refractivity contribution in [1.82, 2.24) is 4.90 Å². The third-order valence-electron chi connectivity index (χ3n) is 2.76. The Morgan fingerprint density at radius 3 is 2.85 bits per heavy atom. The van der Waals surface area contributed by atoms with E-state index in [9.17, 15) is 5.11 Å². The summed E-state index contributed by atoms with van der Waals surface area (Å²) in [5.41, 5.74) is 1.58. The summed E-state index contributed by atoms with van der Waals surface area (Å²) in [5, 5.41) is 9.34. The summed E-state index contributed by atoms with van der Waals surface area (Å²) < 4.78 is 0. The van der Waals surface area contributed by atoms with Crippen LogP contribution < -0.4 is 0 Å². The lowest BCUT2D eigenvalue weighted by Gasteiger charge is -2.29. The van der Waals surface area contributed by atoms with Crippen LogP contribution in [0.3, 0.4) is 0 Å². The molecule has 0 aromatic heterocycles. The zero-order chi connectivity index (χ0) is 9.10. The molecule has 0 amide bonds. The molecule has 1 fully saturated rings. The van der Waals surface area contributed by atoms with Crippen molar-refractivity contribution in [1.29, 1.82) is 0 Å². The number of rotatable bonds is 2. The van der Waals surface area contributed by atoms with Crippen LogP contribution in [0.15, 0.2) is 11.6 Å². The van der Waals surface area contributed by atoms with Crippen molar-refractivity contribution < 1.29 is 5.11 Å². The molecule has 3 heteroatoms. The van der Waals surface area contributed by atoms with Gasteiger partial charge in [-0.1, -0.05) is 6.08 Å². The number of thioether (sulfide) groups is 1. The van der Waals surface area contributed by atoms with E-state index in [-0.39, 0.29) is 6.10 Å². The molecule has 0 aromatic rings. The molecule has 2 nitrogen and oxygen atoms in total. The van der Waals surface area contributed by atoms with E-state index in [1.165, 1.54) is 11.5 Å². The van der Waals surface area contributed by atoms with Gasteiger partial charge < -0.3 is 5.11 Å². The van der Waals surface area contributed by atoms with Gasteiger partial charge in [-0.2, -0.15) is 11.8 Å². The highest BCUT2D eigenvalue weighted by Gasteiger charge is 2.18. The first-order valence-electron chi connectivity index (χ1n) is 5.00. The zero-order valence-electron chi connectivity index (χ0n) is 7.91. The van der Waals surface area contributed by atoms with Crippen LogP contribution in [0.1, 0.15) is 12.8 Å². The summed E-state index contributed by atoms with van der Waals surface area (Å²) in [4.78, 5) is 2.46. The summed E-state index contributed by atoms with van der Waals surface area (Å²) >= 11 is 2.00. The maximum absolute atomic E-state index is 9.34. The van der Waals surface area contributed by atoms with Crippen LogP contribution in [-0.2, 0) is 0 Å². The standard InChI is InChI=1S/C10H17NOS/c12-10-1-4-11(5-2-10)7-9-3-6-13-8-9/h3,10,12H,1-2,4-8H2. The normalized spacial score (nSPS) is 26.4. The molecule has 1 saturated heterocycles. The fraction of sp³-hybridized carbons (Fsp3) is 0.800. The second kappa shape index (κ2) is 4.49. The monoisotopic (exact) mass is 199 g/mol. The van der Waals surface area contributed by atoms with Crippen molar-refractivity contribution in [3.8, 4) is 0 Å². The summed E-state index contributed by atoms with van der Waals surface area (Å²) in [6, 6.07) is 0. The predicted octanol–water partition coefficient (Wildman–Crippen LogP) is 1.12. The second-order valence-electron chi connectivity index (χ2n) is 3.88. The Bertz CT molecular complexity index is 197. The maximum atomic E-state index is 9.34. The molecule has 0 aromatic carbocycles. The Balaban J connectivity index is 1.75. The molecule has 0 radical (unpaired) electrons. The fourth-order valence-electron chi connectivity index (χ4n) is 1.90. The van der Waals surface area contributed by atoms with Crippen LogP contribution in [0.2, 0.25) is 0 Å². The summed E-state index contributed by atoms with van der Waals surface area (Å²) in [6.07, 6.45) is 4.24. The van der Waals surface area contributed by atoms with E-state index in [0.29, 0.717) is 0 Å². The molecular weight excluding hydrogens is 182 g/mol. The van der Waals surface area contributed by atoms with E-state index in [4.69, 9.17) is 0 Å². The van der Waals surface area contributed by atoms with Gasteiger partial charge in [0, 0.05) is 31.1 Å². The number of piperidine rings is 1. The summed E-state index contributed by atoms with van der Waals surface area (Å²) in [6.45, 7) is 3.28. The molecule has 74 valence electrons. The minimum atomic E-state index is -0.0387. The lowest BCUT2D eigenvalue weighted by atomic mass is 10.1. The first kappa shape index (κ1) is 9.56. The van der Waals surface area contributed by atoms with Crippen LogP contribution in [0.4, 0.5) is 0 Å². The number of nitrogens with zero attached hydrogens (tertiary/aromatic N) is 1. The molecule has 2 heterocycles. The second-order valence-corrected chi connectivity index (χ2v) is 4.92. The molecule has 0 spiro atoms. The van der Waals surface area contributed by atoms with Gasteiger partial charge in [-0.25, -0.2) is 0 Å². The molecule has 0 saturated carbocycles. The average Bonchev–Trinajstić information content (AvgIpc) is 2.62. The number of hydrogen-bond acceptors (Lipinski definition) is 3. The molecule has 2 aliphatic heterocycles. The predicted molar refractivity (Wildman–Crippen MR) is 57.1 cm³/mol. The molecule has 2 rings (SSSR count). The van der Waals surface area contributed by atoms with Gasteiger partial charge in [0.2, 0.25) is 0 Å². The van der Waals surface area contributed by atoms with E-state index in [1.54, 1.807) is 5.57 Å². The van der Waals surface area contributed by atoms with Crippen molar-refractivity contribution in [2.45, 2.75) is 18.9 Å². The topological polar surface area (TPSA) is 23.5 Å². The Kier molecular flexibility index (Phi) is 3.30. The quantitative estimate of drug-likeness (QED) is 0.674. The molecule has 13 heavy (non-hydrogen) atoms. The Morgan fingerprint density at radius 1 is 1.46 bits per heavy atom. The molecule has 0 unspecified atom stereocenters. The first-order valence-corrected chi connectivity index (χ1v) is 6.16. The lowest BCUT2D eigenvalue weighted by molar-refractivity contribution is 0.0870. The van der Waals surface area contributed by atoms with Gasteiger partial charge in [0.1, 0.15) is 0 Å². The minimum absolute atomic E-state index is 0.0387. The minimum Gasteiger partial charge on any atom is -0.393 e. The van der Waals surface area contributed by atoms with Crippen LogP contribution in [0, 0.1) is 0 Å². The third kappa shape index (κ3) is 2.73. The van der Waals surface area contributed by atoms with Crippen molar-refractivity contribution in [2.75, 3.05) is 31.1 Å². The lowest BCUT2D eigenvalue weighted by Crippen LogP contribution is -2.37. The third-order valence-corrected chi connectivity index (χ3v) is 3.74. The summed E-state index contributed by atoms with van der Waals surface area (Å²) in [7, 11) is 0. The van der Waals surface area contributed by atoms with Gasteiger partial charge >= 0.3 is 0 Å². The molecular formula is C10H17NOS. The van der Waals surface area contributed by atoms with E-state index >= 15 is 0 Å². The number of aliphatic hydroxyl groups excluding tert-OH is 1. The highest BCUT2D eigenvalue weighted by atomic mass is 32.2. The van der Waals surface area contributed by atoms with Gasteiger partial charge in [-0.05, 0) is 18.4 Å². The SMILES string of the molecule is OC1CCN(CC2=CCSC2)CC1. The zero-order valence-corrected chi connectivity index (χ0v) is 8.72. The molecule has 2 aliphatic rings. The smallest absolute Gasteiger partial charge is 0.0564 e. The highest BCUT2D eigenvalue weighted by Crippen LogP contribution is 2.19. The van der Waals surface area contributed by atoms with Gasteiger partial charge in [0.05, 0.1) is 6.10 Å². The molecule has 0 atom stereocenters. The van der Waals surface area contributed by atoms with Crippen molar-refractivity contribution in [2.24, 2.45) is 0 Å². The summed E-state index contributed by atoms with van der Waals surface area (Å²) in [5.74, 6) is 2.42. The Hall–Kier alpha value is 0.01000. The largest absolute Gasteiger partial charge is 0.393 e. The van der Waals surface area contributed by atoms with Crippen LogP contribution >= 0.6 is 11.8 Å². The Morgan fingerprint density at radius 2 is 2.23 bits per heavy atom. The molecule has 1 N–H and O–H groups in total. The van der Waals surface area contributed by atoms with E-state index in [1.807, 2.05) is 11.8 Å². The Labute approximate surface area is 84.0 Å². The van der Waals surface area contributed by atoms with Gasteiger partial charge in [0.25, 0.3) is 0 Å². The van der Waals surface area contributed by atoms with Crippen molar-refractivity contribution >= 4 is 11.8 Å². The van der Waals surface area contributed by atoms with Crippen LogP contribution in [0.5, 0.6) is 0 Å². The average molecular weight is 199 g/mol. The van der Waals surface area contributed by atoms with E-state index in [0.717, 1.165) is 32.5 Å². The van der Waals surface area contributed by atoms with Gasteiger partial charge in [-0.15, -0.1) is 0 Å². The highest BCUT2D eigenvalue weighted by molar-refractivity contribution is 7.99. The molecule has 0 aliphatic carbocycles.